The van der Waals surface area contributed by atoms with Gasteiger partial charge in [0.2, 0.25) is 0 Å². The predicted molar refractivity (Wildman–Crippen MR) is 144 cm³/mol. The van der Waals surface area contributed by atoms with Crippen molar-refractivity contribution in [3.05, 3.63) is 57.6 Å². The zero-order valence-electron chi connectivity index (χ0n) is 22.9. The van der Waals surface area contributed by atoms with Gasteiger partial charge in [0, 0.05) is 11.8 Å². The minimum absolute atomic E-state index is 0.0581. The molecule has 0 saturated heterocycles. The van der Waals surface area contributed by atoms with E-state index in [9.17, 15) is 10.2 Å². The van der Waals surface area contributed by atoms with E-state index in [2.05, 4.69) is 107 Å². The Balaban J connectivity index is 2.91. The van der Waals surface area contributed by atoms with Crippen LogP contribution in [0.1, 0.15) is 122 Å². The molecule has 2 N–H and O–H groups in total. The second-order valence-electron chi connectivity index (χ2n) is 13.6. The van der Waals surface area contributed by atoms with Gasteiger partial charge in [-0.3, -0.25) is 0 Å². The Hall–Kier alpha value is -1.67. The lowest BCUT2D eigenvalue weighted by molar-refractivity contribution is 0.422. The Morgan fingerprint density at radius 1 is 0.545 bits per heavy atom. The van der Waals surface area contributed by atoms with E-state index in [1.165, 1.54) is 0 Å². The van der Waals surface area contributed by atoms with Gasteiger partial charge in [-0.25, -0.2) is 0 Å². The van der Waals surface area contributed by atoms with Crippen LogP contribution < -0.4 is 0 Å². The van der Waals surface area contributed by atoms with E-state index in [4.69, 9.17) is 11.6 Å². The van der Waals surface area contributed by atoms with Crippen molar-refractivity contribution in [3.8, 4) is 11.5 Å². The molecule has 33 heavy (non-hydrogen) atoms. The first-order valence-corrected chi connectivity index (χ1v) is 12.5. The maximum Gasteiger partial charge on any atom is 0.123 e. The molecule has 0 aliphatic rings. The van der Waals surface area contributed by atoms with Gasteiger partial charge in [0.1, 0.15) is 11.5 Å². The summed E-state index contributed by atoms with van der Waals surface area (Å²) in [6, 6.07) is 8.49. The van der Waals surface area contributed by atoms with Crippen LogP contribution in [0, 0.1) is 0 Å². The molecule has 0 unspecified atom stereocenters. The van der Waals surface area contributed by atoms with Gasteiger partial charge in [-0.2, -0.15) is 0 Å². The monoisotopic (exact) mass is 472 g/mol. The average molecular weight is 473 g/mol. The zero-order valence-corrected chi connectivity index (χ0v) is 23.6. The number of phenols is 2. The molecule has 0 aromatic heterocycles. The van der Waals surface area contributed by atoms with Crippen LogP contribution in [0.2, 0.25) is 0 Å². The summed E-state index contributed by atoms with van der Waals surface area (Å²) < 4.78 is 0. The van der Waals surface area contributed by atoms with Crippen molar-refractivity contribution in [1.82, 2.24) is 0 Å². The van der Waals surface area contributed by atoms with Crippen LogP contribution in [0.15, 0.2) is 24.3 Å². The fraction of sp³-hybridized carbons (Fsp3) is 0.600. The van der Waals surface area contributed by atoms with E-state index in [0.717, 1.165) is 33.4 Å². The number of hydrogen-bond donors (Lipinski definition) is 2. The standard InChI is InChI=1S/C30H45ClO2/c1-27(2,3)21-13-18(14-22(25(21)32)28(4,5)6)20(17-31)19-15-23(29(7,8)9)26(33)24(16-19)30(10,11)12/h13-16,20,32-33H,17H2,1-12H3. The molecule has 0 spiro atoms. The highest BCUT2D eigenvalue weighted by atomic mass is 35.5. The molecule has 2 aromatic carbocycles. The van der Waals surface area contributed by atoms with Crippen molar-refractivity contribution in [3.63, 3.8) is 0 Å². The molecule has 0 aliphatic carbocycles. The smallest absolute Gasteiger partial charge is 0.123 e. The third-order valence-electron chi connectivity index (χ3n) is 6.46. The predicted octanol–water partition coefficient (Wildman–Crippen LogP) is 8.66. The molecule has 2 rings (SSSR count). The van der Waals surface area contributed by atoms with Crippen LogP contribution >= 0.6 is 11.6 Å². The number of benzene rings is 2. The summed E-state index contributed by atoms with van der Waals surface area (Å²) in [5, 5.41) is 22.4. The van der Waals surface area contributed by atoms with Gasteiger partial charge in [-0.15, -0.1) is 11.6 Å². The summed E-state index contributed by atoms with van der Waals surface area (Å²) in [6.45, 7) is 25.5. The molecular weight excluding hydrogens is 428 g/mol. The highest BCUT2D eigenvalue weighted by molar-refractivity contribution is 6.18. The Bertz CT molecular complexity index is 854. The largest absolute Gasteiger partial charge is 0.507 e. The van der Waals surface area contributed by atoms with E-state index in [1.54, 1.807) is 0 Å². The first-order valence-electron chi connectivity index (χ1n) is 12.0. The lowest BCUT2D eigenvalue weighted by Crippen LogP contribution is -2.20. The lowest BCUT2D eigenvalue weighted by atomic mass is 9.74. The number of rotatable bonds is 3. The minimum Gasteiger partial charge on any atom is -0.507 e. The number of alkyl halides is 1. The SMILES string of the molecule is CC(C)(C)c1cc(C(CCl)c2cc(C(C)(C)C)c(O)c(C(C)(C)C)c2)cc(C(C)(C)C)c1O. The molecule has 0 heterocycles. The highest BCUT2D eigenvalue weighted by Gasteiger charge is 2.31. The molecule has 0 amide bonds. The first-order chi connectivity index (χ1) is 14.7. The van der Waals surface area contributed by atoms with E-state index >= 15 is 0 Å². The fourth-order valence-electron chi connectivity index (χ4n) is 4.37. The van der Waals surface area contributed by atoms with E-state index in [-0.39, 0.29) is 27.6 Å². The van der Waals surface area contributed by atoms with Gasteiger partial charge in [-0.05, 0) is 55.0 Å². The molecule has 0 radical (unpaired) electrons. The number of aromatic hydroxyl groups is 2. The van der Waals surface area contributed by atoms with Crippen LogP contribution in [0.4, 0.5) is 0 Å². The Labute approximate surface area is 207 Å². The van der Waals surface area contributed by atoms with Crippen molar-refractivity contribution in [2.24, 2.45) is 0 Å². The molecule has 0 aliphatic heterocycles. The molecule has 0 saturated carbocycles. The Kier molecular flexibility index (Phi) is 7.39. The Morgan fingerprint density at radius 2 is 0.758 bits per heavy atom. The van der Waals surface area contributed by atoms with Crippen molar-refractivity contribution < 1.29 is 10.2 Å². The molecule has 3 heteroatoms. The number of phenolic OH excluding ortho intramolecular Hbond substituents is 2. The van der Waals surface area contributed by atoms with Gasteiger partial charge in [0.05, 0.1) is 0 Å². The number of hydrogen-bond acceptors (Lipinski definition) is 2. The molecule has 0 fully saturated rings. The van der Waals surface area contributed by atoms with Crippen LogP contribution in [0.5, 0.6) is 11.5 Å². The van der Waals surface area contributed by atoms with Crippen molar-refractivity contribution in [1.29, 1.82) is 0 Å². The fourth-order valence-corrected chi connectivity index (χ4v) is 4.73. The molecule has 2 aromatic rings. The summed E-state index contributed by atoms with van der Waals surface area (Å²) in [6.07, 6.45) is 0. The third kappa shape index (κ3) is 5.88. The summed E-state index contributed by atoms with van der Waals surface area (Å²) in [5.41, 5.74) is 5.11. The zero-order chi connectivity index (χ0) is 25.7. The molecule has 184 valence electrons. The van der Waals surface area contributed by atoms with E-state index in [1.807, 2.05) is 0 Å². The first kappa shape index (κ1) is 27.6. The Morgan fingerprint density at radius 3 is 0.909 bits per heavy atom. The van der Waals surface area contributed by atoms with Crippen LogP contribution in [0.3, 0.4) is 0 Å². The second-order valence-corrected chi connectivity index (χ2v) is 13.9. The summed E-state index contributed by atoms with van der Waals surface area (Å²) >= 11 is 6.66. The molecule has 2 nitrogen and oxygen atoms in total. The lowest BCUT2D eigenvalue weighted by Gasteiger charge is -2.31. The van der Waals surface area contributed by atoms with Crippen molar-refractivity contribution in [2.75, 3.05) is 5.88 Å². The maximum absolute atomic E-state index is 11.2. The minimum atomic E-state index is -0.209. The van der Waals surface area contributed by atoms with Gasteiger partial charge >= 0.3 is 0 Å². The van der Waals surface area contributed by atoms with Gasteiger partial charge in [-0.1, -0.05) is 107 Å². The maximum atomic E-state index is 11.2. The van der Waals surface area contributed by atoms with Gasteiger partial charge in [0.25, 0.3) is 0 Å². The summed E-state index contributed by atoms with van der Waals surface area (Å²) in [5.74, 6) is 1.11. The van der Waals surface area contributed by atoms with E-state index in [0.29, 0.717) is 17.4 Å². The van der Waals surface area contributed by atoms with Crippen LogP contribution in [-0.4, -0.2) is 16.1 Å². The topological polar surface area (TPSA) is 40.5 Å². The quantitative estimate of drug-likeness (QED) is 0.438. The van der Waals surface area contributed by atoms with Crippen LogP contribution in [-0.2, 0) is 21.7 Å². The van der Waals surface area contributed by atoms with Gasteiger partial charge < -0.3 is 10.2 Å². The molecular formula is C30H45ClO2. The van der Waals surface area contributed by atoms with Crippen molar-refractivity contribution >= 4 is 11.6 Å². The summed E-state index contributed by atoms with van der Waals surface area (Å²) in [4.78, 5) is 0. The summed E-state index contributed by atoms with van der Waals surface area (Å²) in [7, 11) is 0. The molecule has 0 bridgehead atoms. The van der Waals surface area contributed by atoms with E-state index < -0.39 is 0 Å². The second kappa shape index (κ2) is 8.84. The normalized spacial score (nSPS) is 13.6. The third-order valence-corrected chi connectivity index (χ3v) is 6.76. The van der Waals surface area contributed by atoms with Crippen LogP contribution in [0.25, 0.3) is 0 Å². The average Bonchev–Trinajstić information content (AvgIpc) is 2.60. The van der Waals surface area contributed by atoms with Crippen molar-refractivity contribution in [2.45, 2.75) is 111 Å². The highest BCUT2D eigenvalue weighted by Crippen LogP contribution is 2.45. The van der Waals surface area contributed by atoms with Gasteiger partial charge in [0.15, 0.2) is 0 Å². The number of halogens is 1. The molecule has 0 atom stereocenters.